The number of hydrogen-bond acceptors (Lipinski definition) is 7. The second-order valence-corrected chi connectivity index (χ2v) is 7.54. The predicted octanol–water partition coefficient (Wildman–Crippen LogP) is 4.15. The largest absolute Gasteiger partial charge is 0.493 e. The zero-order chi connectivity index (χ0) is 22.3. The highest BCUT2D eigenvalue weighted by atomic mass is 16.5. The van der Waals surface area contributed by atoms with E-state index in [1.807, 2.05) is 49.4 Å². The number of nitrogens with one attached hydrogen (secondary N) is 2. The summed E-state index contributed by atoms with van der Waals surface area (Å²) in [5.74, 6) is 3.30. The van der Waals surface area contributed by atoms with E-state index in [4.69, 9.17) is 9.47 Å². The average Bonchev–Trinajstić information content (AvgIpc) is 3.34. The van der Waals surface area contributed by atoms with Gasteiger partial charge in [-0.05, 0) is 56.2 Å². The number of aromatic nitrogens is 2. The van der Waals surface area contributed by atoms with Crippen molar-refractivity contribution in [2.75, 3.05) is 42.3 Å². The number of benzene rings is 2. The molecule has 2 heterocycles. The van der Waals surface area contributed by atoms with Crippen LogP contribution in [0.4, 0.5) is 23.0 Å². The maximum Gasteiger partial charge on any atom is 0.262 e. The second kappa shape index (κ2) is 10.00. The lowest BCUT2D eigenvalue weighted by Gasteiger charge is -2.18. The molecule has 8 nitrogen and oxygen atoms in total. The molecule has 0 saturated carbocycles. The summed E-state index contributed by atoms with van der Waals surface area (Å²) in [7, 11) is 1.56. The molecule has 1 fully saturated rings. The average molecular weight is 434 g/mol. The van der Waals surface area contributed by atoms with Crippen LogP contribution in [-0.4, -0.2) is 42.7 Å². The van der Waals surface area contributed by atoms with Gasteiger partial charge in [0.1, 0.15) is 17.5 Å². The Kier molecular flexibility index (Phi) is 6.69. The molecule has 0 atom stereocenters. The Balaban J connectivity index is 1.33. The Morgan fingerprint density at radius 3 is 2.41 bits per heavy atom. The minimum atomic E-state index is -0.252. The molecule has 0 unspecified atom stereocenters. The van der Waals surface area contributed by atoms with Crippen molar-refractivity contribution in [3.63, 3.8) is 0 Å². The Labute approximate surface area is 187 Å². The van der Waals surface area contributed by atoms with Gasteiger partial charge in [-0.3, -0.25) is 4.79 Å². The van der Waals surface area contributed by atoms with Crippen molar-refractivity contribution in [3.05, 3.63) is 60.4 Å². The highest BCUT2D eigenvalue weighted by molar-refractivity contribution is 5.92. The number of anilines is 4. The number of hydrogen-bond donors (Lipinski definition) is 2. The Hall–Kier alpha value is -3.81. The molecule has 2 N–H and O–H groups in total. The second-order valence-electron chi connectivity index (χ2n) is 7.54. The van der Waals surface area contributed by atoms with Gasteiger partial charge in [0, 0.05) is 30.5 Å². The molecule has 32 heavy (non-hydrogen) atoms. The molecule has 0 aliphatic carbocycles. The Morgan fingerprint density at radius 2 is 1.69 bits per heavy atom. The minimum absolute atomic E-state index is 0.111. The summed E-state index contributed by atoms with van der Waals surface area (Å²) < 4.78 is 10.8. The zero-order valence-corrected chi connectivity index (χ0v) is 18.3. The summed E-state index contributed by atoms with van der Waals surface area (Å²) in [6.07, 6.45) is 2.39. The summed E-state index contributed by atoms with van der Waals surface area (Å²) in [5, 5.41) is 6.15. The van der Waals surface area contributed by atoms with E-state index in [-0.39, 0.29) is 12.5 Å². The number of methoxy groups -OCH3 is 1. The van der Waals surface area contributed by atoms with Gasteiger partial charge in [0.05, 0.1) is 7.11 Å². The maximum atomic E-state index is 12.2. The van der Waals surface area contributed by atoms with E-state index in [0.29, 0.717) is 17.2 Å². The summed E-state index contributed by atoms with van der Waals surface area (Å²) in [6, 6.07) is 16.6. The normalized spacial score (nSPS) is 13.0. The molecule has 1 aliphatic rings. The minimum Gasteiger partial charge on any atom is -0.493 e. The van der Waals surface area contributed by atoms with E-state index in [0.717, 1.165) is 36.2 Å². The molecule has 1 aromatic heterocycles. The first-order valence-electron chi connectivity index (χ1n) is 10.6. The summed E-state index contributed by atoms with van der Waals surface area (Å²) >= 11 is 0. The van der Waals surface area contributed by atoms with Crippen molar-refractivity contribution in [3.8, 4) is 11.5 Å². The van der Waals surface area contributed by atoms with E-state index in [2.05, 4.69) is 25.5 Å². The molecule has 0 bridgehead atoms. The fraction of sp³-hybridized carbons (Fsp3) is 0.292. The van der Waals surface area contributed by atoms with Crippen molar-refractivity contribution in [2.24, 2.45) is 0 Å². The first-order valence-corrected chi connectivity index (χ1v) is 10.6. The lowest BCUT2D eigenvalue weighted by atomic mass is 10.2. The predicted molar refractivity (Wildman–Crippen MR) is 125 cm³/mol. The van der Waals surface area contributed by atoms with E-state index in [1.54, 1.807) is 19.2 Å². The van der Waals surface area contributed by atoms with Crippen LogP contribution in [0.2, 0.25) is 0 Å². The highest BCUT2D eigenvalue weighted by Crippen LogP contribution is 2.26. The molecular formula is C24H27N5O3. The van der Waals surface area contributed by atoms with Crippen LogP contribution in [-0.2, 0) is 4.79 Å². The van der Waals surface area contributed by atoms with Gasteiger partial charge in [-0.25, -0.2) is 9.97 Å². The number of para-hydroxylation sites is 2. The van der Waals surface area contributed by atoms with Crippen molar-refractivity contribution >= 4 is 28.9 Å². The standard InChI is InChI=1S/C24H27N5O3/c1-17-25-22(15-23(26-17)29-13-5-6-14-29)27-18-9-11-19(12-10-18)28-24(30)16-32-21-8-4-3-7-20(21)31-2/h3-4,7-12,15H,5-6,13-14,16H2,1-2H3,(H,28,30)(H,25,26,27). The molecule has 1 saturated heterocycles. The van der Waals surface area contributed by atoms with Gasteiger partial charge in [0.25, 0.3) is 5.91 Å². The third kappa shape index (κ3) is 5.46. The fourth-order valence-corrected chi connectivity index (χ4v) is 3.59. The summed E-state index contributed by atoms with van der Waals surface area (Å²) in [5.41, 5.74) is 1.56. The van der Waals surface area contributed by atoms with Gasteiger partial charge in [-0.1, -0.05) is 12.1 Å². The molecule has 0 radical (unpaired) electrons. The van der Waals surface area contributed by atoms with Crippen LogP contribution in [0, 0.1) is 6.92 Å². The molecule has 166 valence electrons. The first-order chi connectivity index (χ1) is 15.6. The van der Waals surface area contributed by atoms with E-state index < -0.39 is 0 Å². The van der Waals surface area contributed by atoms with Gasteiger partial charge in [-0.15, -0.1) is 0 Å². The quantitative estimate of drug-likeness (QED) is 0.552. The van der Waals surface area contributed by atoms with Gasteiger partial charge >= 0.3 is 0 Å². The fourth-order valence-electron chi connectivity index (χ4n) is 3.59. The molecule has 3 aromatic rings. The number of amides is 1. The molecule has 0 spiro atoms. The highest BCUT2D eigenvalue weighted by Gasteiger charge is 2.15. The van der Waals surface area contributed by atoms with Crippen molar-refractivity contribution < 1.29 is 14.3 Å². The number of aryl methyl sites for hydroxylation is 1. The van der Waals surface area contributed by atoms with Crippen LogP contribution in [0.25, 0.3) is 0 Å². The number of carbonyl (C=O) groups excluding carboxylic acids is 1. The number of carbonyl (C=O) groups is 1. The summed E-state index contributed by atoms with van der Waals surface area (Å²) in [4.78, 5) is 23.6. The maximum absolute atomic E-state index is 12.2. The Bertz CT molecular complexity index is 1070. The lowest BCUT2D eigenvalue weighted by molar-refractivity contribution is -0.118. The van der Waals surface area contributed by atoms with Crippen molar-refractivity contribution in [2.45, 2.75) is 19.8 Å². The van der Waals surface area contributed by atoms with Crippen LogP contribution in [0.3, 0.4) is 0 Å². The molecule has 1 amide bonds. The van der Waals surface area contributed by atoms with E-state index >= 15 is 0 Å². The third-order valence-electron chi connectivity index (χ3n) is 5.12. The molecule has 4 rings (SSSR count). The first kappa shape index (κ1) is 21.4. The lowest BCUT2D eigenvalue weighted by Crippen LogP contribution is -2.20. The molecule has 8 heteroatoms. The molecule has 2 aromatic carbocycles. The molecule has 1 aliphatic heterocycles. The monoisotopic (exact) mass is 433 g/mol. The van der Waals surface area contributed by atoms with Crippen molar-refractivity contribution in [1.29, 1.82) is 0 Å². The zero-order valence-electron chi connectivity index (χ0n) is 18.3. The third-order valence-corrected chi connectivity index (χ3v) is 5.12. The van der Waals surface area contributed by atoms with Crippen LogP contribution >= 0.6 is 0 Å². The smallest absolute Gasteiger partial charge is 0.262 e. The number of rotatable bonds is 8. The van der Waals surface area contributed by atoms with Crippen LogP contribution in [0.15, 0.2) is 54.6 Å². The number of nitrogens with zero attached hydrogens (tertiary/aromatic N) is 3. The summed E-state index contributed by atoms with van der Waals surface area (Å²) in [6.45, 7) is 3.85. The van der Waals surface area contributed by atoms with Crippen LogP contribution in [0.1, 0.15) is 18.7 Å². The van der Waals surface area contributed by atoms with E-state index in [1.165, 1.54) is 12.8 Å². The molecular weight excluding hydrogens is 406 g/mol. The van der Waals surface area contributed by atoms with Gasteiger partial charge in [0.15, 0.2) is 18.1 Å². The van der Waals surface area contributed by atoms with Gasteiger partial charge in [-0.2, -0.15) is 0 Å². The van der Waals surface area contributed by atoms with E-state index in [9.17, 15) is 4.79 Å². The van der Waals surface area contributed by atoms with Gasteiger partial charge < -0.3 is 25.0 Å². The van der Waals surface area contributed by atoms with Crippen LogP contribution < -0.4 is 25.0 Å². The van der Waals surface area contributed by atoms with Gasteiger partial charge in [0.2, 0.25) is 0 Å². The topological polar surface area (TPSA) is 88.6 Å². The SMILES string of the molecule is COc1ccccc1OCC(=O)Nc1ccc(Nc2cc(N3CCCC3)nc(C)n2)cc1. The number of ether oxygens (including phenoxy) is 2. The van der Waals surface area contributed by atoms with Crippen molar-refractivity contribution in [1.82, 2.24) is 9.97 Å². The Morgan fingerprint density at radius 1 is 1.00 bits per heavy atom. The van der Waals surface area contributed by atoms with Crippen LogP contribution in [0.5, 0.6) is 11.5 Å².